The summed E-state index contributed by atoms with van der Waals surface area (Å²) in [5.74, 6) is 0.247. The molecular weight excluding hydrogens is 270 g/mol. The summed E-state index contributed by atoms with van der Waals surface area (Å²) in [6, 6.07) is 4.41. The summed E-state index contributed by atoms with van der Waals surface area (Å²) in [5.41, 5.74) is 0.792. The SMILES string of the molecule is Cc1nc(COc2ccc(Cl)cc2C(=O)O)oc1C. The minimum Gasteiger partial charge on any atom is -0.483 e. The van der Waals surface area contributed by atoms with Crippen LogP contribution in [0, 0.1) is 13.8 Å². The molecule has 0 saturated carbocycles. The second kappa shape index (κ2) is 5.32. The highest BCUT2D eigenvalue weighted by Crippen LogP contribution is 2.24. The van der Waals surface area contributed by atoms with Gasteiger partial charge in [-0.1, -0.05) is 11.6 Å². The molecule has 0 fully saturated rings. The second-order valence-electron chi connectivity index (χ2n) is 3.98. The number of oxazole rings is 1. The van der Waals surface area contributed by atoms with Gasteiger partial charge >= 0.3 is 5.97 Å². The van der Waals surface area contributed by atoms with E-state index in [-0.39, 0.29) is 17.9 Å². The lowest BCUT2D eigenvalue weighted by atomic mass is 10.2. The van der Waals surface area contributed by atoms with Crippen molar-refractivity contribution in [2.75, 3.05) is 0 Å². The third-order valence-corrected chi connectivity index (χ3v) is 2.83. The molecule has 2 rings (SSSR count). The molecule has 0 spiro atoms. The predicted octanol–water partition coefficient (Wildman–Crippen LogP) is 3.22. The molecule has 1 heterocycles. The van der Waals surface area contributed by atoms with E-state index in [0.29, 0.717) is 16.7 Å². The van der Waals surface area contributed by atoms with Crippen molar-refractivity contribution in [3.63, 3.8) is 0 Å². The van der Waals surface area contributed by atoms with E-state index in [2.05, 4.69) is 4.98 Å². The van der Waals surface area contributed by atoms with Crippen molar-refractivity contribution in [1.29, 1.82) is 0 Å². The number of carbonyl (C=O) groups is 1. The van der Waals surface area contributed by atoms with Crippen LogP contribution in [0.4, 0.5) is 0 Å². The van der Waals surface area contributed by atoms with Gasteiger partial charge in [0.1, 0.15) is 17.1 Å². The molecule has 6 heteroatoms. The van der Waals surface area contributed by atoms with Crippen molar-refractivity contribution in [2.24, 2.45) is 0 Å². The average molecular weight is 282 g/mol. The van der Waals surface area contributed by atoms with Crippen molar-refractivity contribution in [3.8, 4) is 5.75 Å². The Balaban J connectivity index is 2.17. The highest BCUT2D eigenvalue weighted by molar-refractivity contribution is 6.31. The summed E-state index contributed by atoms with van der Waals surface area (Å²) >= 11 is 5.75. The number of carboxylic acid groups (broad SMARTS) is 1. The number of aromatic nitrogens is 1. The number of aryl methyl sites for hydroxylation is 2. The highest BCUT2D eigenvalue weighted by atomic mass is 35.5. The topological polar surface area (TPSA) is 72.6 Å². The van der Waals surface area contributed by atoms with Crippen molar-refractivity contribution < 1.29 is 19.1 Å². The number of benzene rings is 1. The van der Waals surface area contributed by atoms with Gasteiger partial charge < -0.3 is 14.3 Å². The second-order valence-corrected chi connectivity index (χ2v) is 4.42. The molecule has 0 radical (unpaired) electrons. The van der Waals surface area contributed by atoms with Gasteiger partial charge in [-0.05, 0) is 32.0 Å². The van der Waals surface area contributed by atoms with Gasteiger partial charge in [-0.25, -0.2) is 9.78 Å². The van der Waals surface area contributed by atoms with Crippen LogP contribution in [0.25, 0.3) is 0 Å². The Morgan fingerprint density at radius 3 is 2.79 bits per heavy atom. The summed E-state index contributed by atoms with van der Waals surface area (Å²) < 4.78 is 10.8. The fourth-order valence-electron chi connectivity index (χ4n) is 1.54. The molecule has 0 aliphatic rings. The summed E-state index contributed by atoms with van der Waals surface area (Å²) in [6.45, 7) is 3.70. The van der Waals surface area contributed by atoms with Crippen molar-refractivity contribution in [1.82, 2.24) is 4.98 Å². The van der Waals surface area contributed by atoms with Gasteiger partial charge in [0.25, 0.3) is 0 Å². The minimum absolute atomic E-state index is 0.00694. The number of nitrogens with zero attached hydrogens (tertiary/aromatic N) is 1. The molecule has 1 aromatic heterocycles. The quantitative estimate of drug-likeness (QED) is 0.931. The standard InChI is InChI=1S/C13H12ClNO4/c1-7-8(2)19-12(15-7)6-18-11-4-3-9(14)5-10(11)13(16)17/h3-5H,6H2,1-2H3,(H,16,17). The molecule has 5 nitrogen and oxygen atoms in total. The van der Waals surface area contributed by atoms with E-state index in [1.165, 1.54) is 12.1 Å². The monoisotopic (exact) mass is 281 g/mol. The smallest absolute Gasteiger partial charge is 0.339 e. The third-order valence-electron chi connectivity index (χ3n) is 2.60. The van der Waals surface area contributed by atoms with Gasteiger partial charge in [0.15, 0.2) is 6.61 Å². The van der Waals surface area contributed by atoms with Crippen molar-refractivity contribution >= 4 is 17.6 Å². The molecule has 19 heavy (non-hydrogen) atoms. The van der Waals surface area contributed by atoms with Crippen LogP contribution in [-0.4, -0.2) is 16.1 Å². The maximum atomic E-state index is 11.1. The molecule has 0 saturated heterocycles. The maximum Gasteiger partial charge on any atom is 0.339 e. The normalized spacial score (nSPS) is 10.5. The van der Waals surface area contributed by atoms with E-state index in [1.54, 1.807) is 13.0 Å². The van der Waals surface area contributed by atoms with Crippen molar-refractivity contribution in [3.05, 3.63) is 46.1 Å². The van der Waals surface area contributed by atoms with Crippen LogP contribution in [0.5, 0.6) is 5.75 Å². The number of hydrogen-bond donors (Lipinski definition) is 1. The number of aromatic carboxylic acids is 1. The molecule has 0 aliphatic heterocycles. The zero-order valence-corrected chi connectivity index (χ0v) is 11.2. The lowest BCUT2D eigenvalue weighted by Gasteiger charge is -2.07. The first-order valence-corrected chi connectivity index (χ1v) is 5.93. The first kappa shape index (κ1) is 13.4. The Bertz CT molecular complexity index is 602. The average Bonchev–Trinajstić information content (AvgIpc) is 2.67. The summed E-state index contributed by atoms with van der Waals surface area (Å²) in [5, 5.41) is 9.40. The summed E-state index contributed by atoms with van der Waals surface area (Å²) in [6.07, 6.45) is 0. The number of hydrogen-bond acceptors (Lipinski definition) is 4. The third kappa shape index (κ3) is 3.06. The van der Waals surface area contributed by atoms with Crippen LogP contribution in [0.2, 0.25) is 5.02 Å². The van der Waals surface area contributed by atoms with Crippen LogP contribution in [0.3, 0.4) is 0 Å². The van der Waals surface area contributed by atoms with Crippen LogP contribution in [-0.2, 0) is 6.61 Å². The molecule has 0 atom stereocenters. The molecule has 2 aromatic rings. The zero-order valence-electron chi connectivity index (χ0n) is 10.4. The molecule has 1 N–H and O–H groups in total. The summed E-state index contributed by atoms with van der Waals surface area (Å²) in [7, 11) is 0. The Hall–Kier alpha value is -2.01. The molecule has 0 bridgehead atoms. The fourth-order valence-corrected chi connectivity index (χ4v) is 1.71. The fraction of sp³-hybridized carbons (Fsp3) is 0.231. The first-order chi connectivity index (χ1) is 8.97. The molecule has 1 aromatic carbocycles. The first-order valence-electron chi connectivity index (χ1n) is 5.56. The van der Waals surface area contributed by atoms with Gasteiger partial charge in [0, 0.05) is 5.02 Å². The van der Waals surface area contributed by atoms with Crippen LogP contribution < -0.4 is 4.74 Å². The van der Waals surface area contributed by atoms with Crippen LogP contribution >= 0.6 is 11.6 Å². The molecular formula is C13H12ClNO4. The highest BCUT2D eigenvalue weighted by Gasteiger charge is 2.13. The van der Waals surface area contributed by atoms with E-state index in [0.717, 1.165) is 5.69 Å². The van der Waals surface area contributed by atoms with E-state index in [9.17, 15) is 4.79 Å². The van der Waals surface area contributed by atoms with E-state index >= 15 is 0 Å². The largest absolute Gasteiger partial charge is 0.483 e. The number of carboxylic acids is 1. The number of rotatable bonds is 4. The Morgan fingerprint density at radius 2 is 2.21 bits per heavy atom. The zero-order chi connectivity index (χ0) is 14.0. The van der Waals surface area contributed by atoms with Crippen molar-refractivity contribution in [2.45, 2.75) is 20.5 Å². The van der Waals surface area contributed by atoms with Gasteiger partial charge in [0.2, 0.25) is 5.89 Å². The van der Waals surface area contributed by atoms with E-state index < -0.39 is 5.97 Å². The maximum absolute atomic E-state index is 11.1. The van der Waals surface area contributed by atoms with Gasteiger partial charge in [-0.15, -0.1) is 0 Å². The van der Waals surface area contributed by atoms with Crippen LogP contribution in [0.15, 0.2) is 22.6 Å². The minimum atomic E-state index is -1.10. The van der Waals surface area contributed by atoms with Crippen LogP contribution in [0.1, 0.15) is 27.7 Å². The molecule has 100 valence electrons. The molecule has 0 amide bonds. The Kier molecular flexibility index (Phi) is 3.76. The Morgan fingerprint density at radius 1 is 1.47 bits per heavy atom. The van der Waals surface area contributed by atoms with Gasteiger partial charge in [-0.2, -0.15) is 0 Å². The lowest BCUT2D eigenvalue weighted by Crippen LogP contribution is -2.03. The molecule has 0 unspecified atom stereocenters. The van der Waals surface area contributed by atoms with E-state index in [4.69, 9.17) is 25.9 Å². The Labute approximate surface area is 114 Å². The predicted molar refractivity (Wildman–Crippen MR) is 68.7 cm³/mol. The van der Waals surface area contributed by atoms with Gasteiger partial charge in [0.05, 0.1) is 5.69 Å². The molecule has 0 aliphatic carbocycles. The number of ether oxygens (including phenoxy) is 1. The van der Waals surface area contributed by atoms with E-state index in [1.807, 2.05) is 6.92 Å². The number of halogens is 1. The van der Waals surface area contributed by atoms with Gasteiger partial charge in [-0.3, -0.25) is 0 Å². The summed E-state index contributed by atoms with van der Waals surface area (Å²) in [4.78, 5) is 15.2. The lowest BCUT2D eigenvalue weighted by molar-refractivity contribution is 0.0691.